The van der Waals surface area contributed by atoms with E-state index in [9.17, 15) is 9.59 Å². The summed E-state index contributed by atoms with van der Waals surface area (Å²) in [4.78, 5) is 30.7. The molecule has 0 unspecified atom stereocenters. The first-order valence-electron chi connectivity index (χ1n) is 12.8. The average Bonchev–Trinajstić information content (AvgIpc) is 3.44. The Labute approximate surface area is 231 Å². The molecule has 1 atom stereocenters. The van der Waals surface area contributed by atoms with Crippen molar-refractivity contribution in [2.24, 2.45) is 16.1 Å². The second-order valence-corrected chi connectivity index (χ2v) is 9.49. The van der Waals surface area contributed by atoms with Gasteiger partial charge in [-0.05, 0) is 55.8 Å². The lowest BCUT2D eigenvalue weighted by Crippen LogP contribution is -2.29. The van der Waals surface area contributed by atoms with Crippen molar-refractivity contribution in [2.75, 3.05) is 19.2 Å². The van der Waals surface area contributed by atoms with Gasteiger partial charge in [-0.3, -0.25) is 9.59 Å². The second-order valence-electron chi connectivity index (χ2n) is 9.49. The number of hydrogen-bond donors (Lipinski definition) is 1. The van der Waals surface area contributed by atoms with Gasteiger partial charge in [0.25, 0.3) is 11.8 Å². The van der Waals surface area contributed by atoms with Crippen molar-refractivity contribution in [3.05, 3.63) is 83.7 Å². The molecule has 2 amide bonds. The van der Waals surface area contributed by atoms with Crippen LogP contribution in [-0.2, 0) is 22.6 Å². The van der Waals surface area contributed by atoms with Gasteiger partial charge in [0.15, 0.2) is 11.5 Å². The number of nitrogens with one attached hydrogen (secondary N) is 1. The minimum atomic E-state index is -0.656. The molecule has 204 valence electrons. The first-order chi connectivity index (χ1) is 19.4. The third-order valence-electron chi connectivity index (χ3n) is 6.72. The summed E-state index contributed by atoms with van der Waals surface area (Å²) in [5.41, 5.74) is 7.51. The van der Waals surface area contributed by atoms with Gasteiger partial charge in [-0.15, -0.1) is 0 Å². The van der Waals surface area contributed by atoms with E-state index < -0.39 is 5.92 Å². The first kappa shape index (κ1) is 26.6. The van der Waals surface area contributed by atoms with Gasteiger partial charge in [0.2, 0.25) is 0 Å². The SMILES string of the molecule is COc1ccc(Cc2nc3ccccc3n2CC(=O)N/N=C\[C@H]2C(=O)N(c3ccc(C)cc3)N=C2C)cc1OC. The van der Waals surface area contributed by atoms with Crippen molar-refractivity contribution in [3.63, 3.8) is 0 Å². The van der Waals surface area contributed by atoms with Crippen molar-refractivity contribution < 1.29 is 19.1 Å². The zero-order chi connectivity index (χ0) is 28.2. The summed E-state index contributed by atoms with van der Waals surface area (Å²) in [6.07, 6.45) is 1.90. The van der Waals surface area contributed by atoms with E-state index in [2.05, 4.69) is 15.6 Å². The minimum absolute atomic E-state index is 0.00164. The molecule has 0 radical (unpaired) electrons. The van der Waals surface area contributed by atoms with Crippen LogP contribution in [0.25, 0.3) is 11.0 Å². The van der Waals surface area contributed by atoms with Crippen molar-refractivity contribution in [1.29, 1.82) is 0 Å². The minimum Gasteiger partial charge on any atom is -0.493 e. The highest BCUT2D eigenvalue weighted by Gasteiger charge is 2.33. The highest BCUT2D eigenvalue weighted by atomic mass is 16.5. The number of benzene rings is 3. The maximum absolute atomic E-state index is 13.0. The van der Waals surface area contributed by atoms with Gasteiger partial charge in [0.05, 0.1) is 36.7 Å². The quantitative estimate of drug-likeness (QED) is 0.255. The van der Waals surface area contributed by atoms with Crippen LogP contribution in [0.1, 0.15) is 23.9 Å². The van der Waals surface area contributed by atoms with E-state index in [-0.39, 0.29) is 18.4 Å². The van der Waals surface area contributed by atoms with Crippen LogP contribution in [-0.4, -0.2) is 47.5 Å². The highest BCUT2D eigenvalue weighted by Crippen LogP contribution is 2.29. The number of para-hydroxylation sites is 2. The number of hydrogen-bond acceptors (Lipinski definition) is 7. The maximum atomic E-state index is 13.0. The van der Waals surface area contributed by atoms with E-state index in [1.54, 1.807) is 21.1 Å². The van der Waals surface area contributed by atoms with Gasteiger partial charge < -0.3 is 14.0 Å². The number of amides is 2. The molecule has 0 saturated heterocycles. The van der Waals surface area contributed by atoms with Gasteiger partial charge >= 0.3 is 0 Å². The summed E-state index contributed by atoms with van der Waals surface area (Å²) in [6, 6.07) is 20.9. The molecule has 0 spiro atoms. The van der Waals surface area contributed by atoms with E-state index in [0.29, 0.717) is 29.3 Å². The van der Waals surface area contributed by atoms with Crippen LogP contribution in [0.15, 0.2) is 76.9 Å². The highest BCUT2D eigenvalue weighted by molar-refractivity contribution is 6.23. The van der Waals surface area contributed by atoms with Crippen LogP contribution in [0.3, 0.4) is 0 Å². The smallest absolute Gasteiger partial charge is 0.261 e. The Hall–Kier alpha value is -4.99. The fraction of sp³-hybridized carbons (Fsp3) is 0.233. The molecule has 0 saturated carbocycles. The molecular weight excluding hydrogens is 508 g/mol. The normalized spacial score (nSPS) is 15.1. The zero-order valence-corrected chi connectivity index (χ0v) is 22.8. The number of anilines is 1. The monoisotopic (exact) mass is 538 g/mol. The Balaban J connectivity index is 1.30. The molecule has 2 heterocycles. The molecule has 1 aliphatic rings. The predicted molar refractivity (Wildman–Crippen MR) is 154 cm³/mol. The number of hydrazone groups is 2. The number of aryl methyl sites for hydroxylation is 1. The maximum Gasteiger partial charge on any atom is 0.261 e. The molecule has 1 aromatic heterocycles. The number of nitrogens with zero attached hydrogens (tertiary/aromatic N) is 5. The standard InChI is InChI=1S/C30H30N6O4/c1-19-9-12-22(13-10-19)36-30(38)23(20(2)34-36)17-31-33-29(37)18-35-25-8-6-5-7-24(25)32-28(35)16-21-11-14-26(39-3)27(15-21)40-4/h5-15,17,23H,16,18H2,1-4H3,(H,33,37)/b31-17-/t23-/m1/s1. The molecule has 40 heavy (non-hydrogen) atoms. The van der Waals surface area contributed by atoms with E-state index in [0.717, 1.165) is 28.0 Å². The second kappa shape index (κ2) is 11.4. The lowest BCUT2D eigenvalue weighted by atomic mass is 10.1. The number of carbonyl (C=O) groups is 2. The number of imidazole rings is 1. The number of rotatable bonds is 9. The van der Waals surface area contributed by atoms with Crippen molar-refractivity contribution in [2.45, 2.75) is 26.8 Å². The van der Waals surface area contributed by atoms with Crippen LogP contribution >= 0.6 is 0 Å². The van der Waals surface area contributed by atoms with Crippen LogP contribution < -0.4 is 19.9 Å². The number of ether oxygens (including phenoxy) is 2. The fourth-order valence-corrected chi connectivity index (χ4v) is 4.59. The Morgan fingerprint density at radius 1 is 1.02 bits per heavy atom. The van der Waals surface area contributed by atoms with Gasteiger partial charge in [-0.2, -0.15) is 15.2 Å². The van der Waals surface area contributed by atoms with Crippen LogP contribution in [0, 0.1) is 12.8 Å². The molecule has 10 nitrogen and oxygen atoms in total. The Kier molecular flexibility index (Phi) is 7.59. The van der Waals surface area contributed by atoms with Crippen molar-refractivity contribution in [3.8, 4) is 11.5 Å². The van der Waals surface area contributed by atoms with E-state index >= 15 is 0 Å². The molecule has 1 aliphatic heterocycles. The summed E-state index contributed by atoms with van der Waals surface area (Å²) in [6.45, 7) is 3.75. The van der Waals surface area contributed by atoms with E-state index in [4.69, 9.17) is 14.5 Å². The van der Waals surface area contributed by atoms with Gasteiger partial charge in [0, 0.05) is 12.6 Å². The number of methoxy groups -OCH3 is 2. The van der Waals surface area contributed by atoms with E-state index in [1.165, 1.54) is 11.2 Å². The molecule has 10 heteroatoms. The predicted octanol–water partition coefficient (Wildman–Crippen LogP) is 4.09. The lowest BCUT2D eigenvalue weighted by molar-refractivity contribution is -0.122. The lowest BCUT2D eigenvalue weighted by Gasteiger charge is -2.13. The van der Waals surface area contributed by atoms with Crippen LogP contribution in [0.4, 0.5) is 5.69 Å². The average molecular weight is 539 g/mol. The Morgan fingerprint density at radius 2 is 1.77 bits per heavy atom. The van der Waals surface area contributed by atoms with Crippen LogP contribution in [0.5, 0.6) is 11.5 Å². The number of aromatic nitrogens is 2. The number of carbonyl (C=O) groups excluding carboxylic acids is 2. The molecule has 3 aromatic carbocycles. The summed E-state index contributed by atoms with van der Waals surface area (Å²) in [5.74, 6) is 0.753. The summed E-state index contributed by atoms with van der Waals surface area (Å²) >= 11 is 0. The van der Waals surface area contributed by atoms with Crippen molar-refractivity contribution in [1.82, 2.24) is 15.0 Å². The molecule has 5 rings (SSSR count). The third kappa shape index (κ3) is 5.42. The van der Waals surface area contributed by atoms with Gasteiger partial charge in [-0.25, -0.2) is 10.4 Å². The molecule has 0 bridgehead atoms. The molecule has 1 N–H and O–H groups in total. The summed E-state index contributed by atoms with van der Waals surface area (Å²) in [7, 11) is 3.18. The third-order valence-corrected chi connectivity index (χ3v) is 6.72. The molecule has 4 aromatic rings. The van der Waals surface area contributed by atoms with Gasteiger partial charge in [-0.1, -0.05) is 35.9 Å². The van der Waals surface area contributed by atoms with E-state index in [1.807, 2.05) is 78.2 Å². The van der Waals surface area contributed by atoms with Crippen molar-refractivity contribution >= 4 is 40.5 Å². The fourth-order valence-electron chi connectivity index (χ4n) is 4.59. The Bertz CT molecular complexity index is 1620. The molecule has 0 fully saturated rings. The number of fused-ring (bicyclic) bond motifs is 1. The van der Waals surface area contributed by atoms with Crippen LogP contribution in [0.2, 0.25) is 0 Å². The molecule has 0 aliphatic carbocycles. The zero-order valence-electron chi connectivity index (χ0n) is 22.8. The Morgan fingerprint density at radius 3 is 2.52 bits per heavy atom. The van der Waals surface area contributed by atoms with Gasteiger partial charge in [0.1, 0.15) is 18.3 Å². The topological polar surface area (TPSA) is 110 Å². The summed E-state index contributed by atoms with van der Waals surface area (Å²) < 4.78 is 12.6. The molecular formula is C30H30N6O4. The summed E-state index contributed by atoms with van der Waals surface area (Å²) in [5, 5.41) is 9.85. The largest absolute Gasteiger partial charge is 0.493 e. The first-order valence-corrected chi connectivity index (χ1v) is 12.8.